The lowest BCUT2D eigenvalue weighted by molar-refractivity contribution is -0.133. The fourth-order valence-electron chi connectivity index (χ4n) is 4.20. The average Bonchev–Trinajstić information content (AvgIpc) is 3.12. The van der Waals surface area contributed by atoms with Crippen LogP contribution in [0.5, 0.6) is 0 Å². The van der Waals surface area contributed by atoms with E-state index in [-0.39, 0.29) is 24.8 Å². The van der Waals surface area contributed by atoms with Crippen molar-refractivity contribution >= 4 is 23.9 Å². The Morgan fingerprint density at radius 2 is 1.61 bits per heavy atom. The normalized spacial score (nSPS) is 19.3. The van der Waals surface area contributed by atoms with Crippen molar-refractivity contribution in [1.82, 2.24) is 20.0 Å². The number of benzene rings is 2. The molecule has 4 amide bonds. The fourth-order valence-corrected chi connectivity index (χ4v) is 4.20. The number of amides is 4. The molecule has 0 spiro atoms. The van der Waals surface area contributed by atoms with Crippen molar-refractivity contribution in [3.8, 4) is 0 Å². The van der Waals surface area contributed by atoms with Crippen LogP contribution in [-0.4, -0.2) is 71.3 Å². The molecule has 2 aromatic carbocycles. The molecule has 0 radical (unpaired) electrons. The molecule has 172 valence electrons. The fraction of sp³-hybridized carbons (Fsp3) is 0.346. The van der Waals surface area contributed by atoms with E-state index < -0.39 is 12.1 Å². The second-order valence-electron chi connectivity index (χ2n) is 8.45. The molecule has 4 rings (SSSR count). The van der Waals surface area contributed by atoms with Crippen LogP contribution in [-0.2, 0) is 16.1 Å². The Morgan fingerprint density at radius 3 is 2.30 bits per heavy atom. The van der Waals surface area contributed by atoms with Crippen LogP contribution in [0.15, 0.2) is 66.7 Å². The second-order valence-corrected chi connectivity index (χ2v) is 8.45. The van der Waals surface area contributed by atoms with Gasteiger partial charge in [-0.3, -0.25) is 19.4 Å². The summed E-state index contributed by atoms with van der Waals surface area (Å²) in [6.07, 6.45) is 4.85. The molecule has 0 aromatic heterocycles. The van der Waals surface area contributed by atoms with Crippen LogP contribution in [0, 0.1) is 0 Å². The Labute approximate surface area is 194 Å². The van der Waals surface area contributed by atoms with E-state index in [1.807, 2.05) is 53.4 Å². The van der Waals surface area contributed by atoms with E-state index in [1.54, 1.807) is 0 Å². The number of nitrogens with zero attached hydrogens (tertiary/aromatic N) is 3. The minimum absolute atomic E-state index is 0.0398. The summed E-state index contributed by atoms with van der Waals surface area (Å²) < 4.78 is 0. The molecule has 0 unspecified atom stereocenters. The first-order chi connectivity index (χ1) is 16.1. The van der Waals surface area contributed by atoms with E-state index in [4.69, 9.17) is 0 Å². The third-order valence-electron chi connectivity index (χ3n) is 6.14. The topological polar surface area (TPSA) is 73.0 Å². The van der Waals surface area contributed by atoms with Gasteiger partial charge in [-0.05, 0) is 17.5 Å². The Hall–Kier alpha value is -3.45. The number of carbonyl (C=O) groups is 3. The first-order valence-corrected chi connectivity index (χ1v) is 11.5. The number of hydrogen-bond donors (Lipinski definition) is 1. The van der Waals surface area contributed by atoms with Crippen molar-refractivity contribution in [2.75, 3.05) is 32.7 Å². The van der Waals surface area contributed by atoms with Gasteiger partial charge >= 0.3 is 6.03 Å². The van der Waals surface area contributed by atoms with Crippen LogP contribution in [0.25, 0.3) is 6.08 Å². The maximum Gasteiger partial charge on any atom is 0.325 e. The Kier molecular flexibility index (Phi) is 7.52. The van der Waals surface area contributed by atoms with Crippen molar-refractivity contribution in [1.29, 1.82) is 0 Å². The van der Waals surface area contributed by atoms with Crippen LogP contribution < -0.4 is 5.32 Å². The van der Waals surface area contributed by atoms with E-state index in [0.717, 1.165) is 25.2 Å². The Morgan fingerprint density at radius 1 is 0.939 bits per heavy atom. The minimum atomic E-state index is -0.630. The number of carbonyl (C=O) groups excluding carboxylic acids is 3. The number of imide groups is 1. The third-order valence-corrected chi connectivity index (χ3v) is 6.14. The average molecular weight is 447 g/mol. The molecule has 1 atom stereocenters. The zero-order valence-corrected chi connectivity index (χ0v) is 18.7. The summed E-state index contributed by atoms with van der Waals surface area (Å²) in [4.78, 5) is 43.0. The predicted molar refractivity (Wildman–Crippen MR) is 127 cm³/mol. The summed E-state index contributed by atoms with van der Waals surface area (Å²) in [5.74, 6) is -0.218. The number of hydrogen-bond acceptors (Lipinski definition) is 4. The second kappa shape index (κ2) is 10.9. The molecule has 2 saturated heterocycles. The van der Waals surface area contributed by atoms with Crippen LogP contribution >= 0.6 is 0 Å². The SMILES string of the molecule is O=C(CC[C@@H]1NC(=O)N(Cc2ccccc2)C1=O)N1CCN(CC=Cc2ccccc2)CC1. The van der Waals surface area contributed by atoms with Gasteiger partial charge in [0.15, 0.2) is 0 Å². The molecule has 2 aliphatic heterocycles. The lowest BCUT2D eigenvalue weighted by atomic mass is 10.1. The highest BCUT2D eigenvalue weighted by Gasteiger charge is 2.38. The van der Waals surface area contributed by atoms with Gasteiger partial charge in [-0.1, -0.05) is 72.8 Å². The number of nitrogens with one attached hydrogen (secondary N) is 1. The van der Waals surface area contributed by atoms with Gasteiger partial charge in [0.2, 0.25) is 5.91 Å². The zero-order valence-electron chi connectivity index (χ0n) is 18.7. The Balaban J connectivity index is 1.18. The predicted octanol–water partition coefficient (Wildman–Crippen LogP) is 2.74. The summed E-state index contributed by atoms with van der Waals surface area (Å²) in [6.45, 7) is 4.13. The van der Waals surface area contributed by atoms with E-state index in [9.17, 15) is 14.4 Å². The molecule has 0 saturated carbocycles. The first-order valence-electron chi connectivity index (χ1n) is 11.5. The van der Waals surface area contributed by atoms with Crippen molar-refractivity contribution in [2.45, 2.75) is 25.4 Å². The van der Waals surface area contributed by atoms with Gasteiger partial charge in [-0.15, -0.1) is 0 Å². The zero-order chi connectivity index (χ0) is 23.0. The van der Waals surface area contributed by atoms with Crippen LogP contribution in [0.2, 0.25) is 0 Å². The van der Waals surface area contributed by atoms with Gasteiger partial charge < -0.3 is 10.2 Å². The summed E-state index contributed by atoms with van der Waals surface area (Å²) >= 11 is 0. The van der Waals surface area contributed by atoms with Crippen molar-refractivity contribution in [3.63, 3.8) is 0 Å². The van der Waals surface area contributed by atoms with Gasteiger partial charge in [0.1, 0.15) is 6.04 Å². The molecule has 2 aliphatic rings. The Bertz CT molecular complexity index is 985. The maximum atomic E-state index is 12.7. The largest absolute Gasteiger partial charge is 0.340 e. The van der Waals surface area contributed by atoms with E-state index in [2.05, 4.69) is 34.5 Å². The van der Waals surface area contributed by atoms with Crippen molar-refractivity contribution in [3.05, 3.63) is 77.9 Å². The quantitative estimate of drug-likeness (QED) is 0.633. The third kappa shape index (κ3) is 6.08. The van der Waals surface area contributed by atoms with Crippen LogP contribution in [0.1, 0.15) is 24.0 Å². The van der Waals surface area contributed by atoms with Gasteiger partial charge in [-0.25, -0.2) is 4.79 Å². The van der Waals surface area contributed by atoms with Gasteiger partial charge in [-0.2, -0.15) is 0 Å². The molecule has 7 heteroatoms. The molecule has 0 bridgehead atoms. The molecular weight excluding hydrogens is 416 g/mol. The van der Waals surface area contributed by atoms with Crippen molar-refractivity contribution < 1.29 is 14.4 Å². The molecule has 33 heavy (non-hydrogen) atoms. The smallest absolute Gasteiger partial charge is 0.325 e. The van der Waals surface area contributed by atoms with Gasteiger partial charge in [0, 0.05) is 39.1 Å². The minimum Gasteiger partial charge on any atom is -0.340 e. The summed E-state index contributed by atoms with van der Waals surface area (Å²) in [5, 5.41) is 2.73. The summed E-state index contributed by atoms with van der Waals surface area (Å²) in [7, 11) is 0. The monoisotopic (exact) mass is 446 g/mol. The molecular formula is C26H30N4O3. The highest BCUT2D eigenvalue weighted by molar-refractivity contribution is 6.04. The van der Waals surface area contributed by atoms with Gasteiger partial charge in [0.05, 0.1) is 6.54 Å². The van der Waals surface area contributed by atoms with E-state index in [1.165, 1.54) is 10.5 Å². The number of urea groups is 1. The first kappa shape index (κ1) is 22.7. The maximum absolute atomic E-state index is 12.7. The van der Waals surface area contributed by atoms with E-state index in [0.29, 0.717) is 19.5 Å². The highest BCUT2D eigenvalue weighted by Crippen LogP contribution is 2.16. The molecule has 2 fully saturated rings. The van der Waals surface area contributed by atoms with E-state index >= 15 is 0 Å². The number of rotatable bonds is 8. The molecule has 7 nitrogen and oxygen atoms in total. The molecule has 1 N–H and O–H groups in total. The molecule has 2 heterocycles. The standard InChI is InChI=1S/C26H30N4O3/c31-24(29-18-16-28(17-19-29)15-7-12-21-8-3-1-4-9-21)14-13-23-25(32)30(26(33)27-23)20-22-10-5-2-6-11-22/h1-12,23H,13-20H2,(H,27,33)/t23-/m0/s1. The van der Waals surface area contributed by atoms with Crippen LogP contribution in [0.3, 0.4) is 0 Å². The highest BCUT2D eigenvalue weighted by atomic mass is 16.2. The van der Waals surface area contributed by atoms with Gasteiger partial charge in [0.25, 0.3) is 5.91 Å². The lowest BCUT2D eigenvalue weighted by Crippen LogP contribution is -2.48. The summed E-state index contributed by atoms with van der Waals surface area (Å²) in [5.41, 5.74) is 2.08. The lowest BCUT2D eigenvalue weighted by Gasteiger charge is -2.34. The summed E-state index contributed by atoms with van der Waals surface area (Å²) in [6, 6.07) is 18.6. The molecule has 0 aliphatic carbocycles. The number of piperazine rings is 1. The van der Waals surface area contributed by atoms with Crippen LogP contribution in [0.4, 0.5) is 4.79 Å². The van der Waals surface area contributed by atoms with Crippen molar-refractivity contribution in [2.24, 2.45) is 0 Å². The molecule has 2 aromatic rings.